The van der Waals surface area contributed by atoms with Crippen LogP contribution in [0.1, 0.15) is 12.8 Å². The SMILES string of the molecule is C=C=CC1CCCN1. The van der Waals surface area contributed by atoms with Crippen molar-refractivity contribution in [1.29, 1.82) is 0 Å². The summed E-state index contributed by atoms with van der Waals surface area (Å²) in [4.78, 5) is 0. The van der Waals surface area contributed by atoms with E-state index in [1.165, 1.54) is 12.8 Å². The van der Waals surface area contributed by atoms with Crippen LogP contribution in [0.15, 0.2) is 18.4 Å². The Hall–Kier alpha value is -0.520. The molecule has 1 saturated heterocycles. The maximum Gasteiger partial charge on any atom is 0.0325 e. The third-order valence-electron chi connectivity index (χ3n) is 1.42. The Bertz CT molecular complexity index is 106. The van der Waals surface area contributed by atoms with Gasteiger partial charge in [-0.25, -0.2) is 0 Å². The highest BCUT2D eigenvalue weighted by atomic mass is 14.9. The van der Waals surface area contributed by atoms with Crippen molar-refractivity contribution in [3.05, 3.63) is 18.4 Å². The second kappa shape index (κ2) is 2.71. The lowest BCUT2D eigenvalue weighted by atomic mass is 10.2. The minimum Gasteiger partial charge on any atom is -0.310 e. The highest BCUT2D eigenvalue weighted by Crippen LogP contribution is 2.04. The van der Waals surface area contributed by atoms with E-state index in [-0.39, 0.29) is 0 Å². The average Bonchev–Trinajstić information content (AvgIpc) is 2.19. The van der Waals surface area contributed by atoms with Crippen LogP contribution in [0.25, 0.3) is 0 Å². The van der Waals surface area contributed by atoms with E-state index in [0.717, 1.165) is 6.54 Å². The lowest BCUT2D eigenvalue weighted by molar-refractivity contribution is 0.728. The molecule has 0 radical (unpaired) electrons. The van der Waals surface area contributed by atoms with E-state index in [2.05, 4.69) is 17.6 Å². The van der Waals surface area contributed by atoms with Crippen LogP contribution >= 0.6 is 0 Å². The predicted molar refractivity (Wildman–Crippen MR) is 34.7 cm³/mol. The van der Waals surface area contributed by atoms with Crippen molar-refractivity contribution in [1.82, 2.24) is 5.32 Å². The highest BCUT2D eigenvalue weighted by molar-refractivity contribution is 4.92. The van der Waals surface area contributed by atoms with Gasteiger partial charge in [0.05, 0.1) is 0 Å². The third kappa shape index (κ3) is 1.22. The molecule has 0 bridgehead atoms. The fourth-order valence-electron chi connectivity index (χ4n) is 0.996. The molecule has 0 aliphatic carbocycles. The second-order valence-electron chi connectivity index (χ2n) is 2.07. The Morgan fingerprint density at radius 2 is 2.62 bits per heavy atom. The van der Waals surface area contributed by atoms with Gasteiger partial charge in [-0.15, -0.1) is 5.73 Å². The lowest BCUT2D eigenvalue weighted by Gasteiger charge is -1.97. The standard InChI is InChI=1S/C7H11N/c1-2-4-7-5-3-6-8-7/h4,7-8H,1,3,5-6H2. The monoisotopic (exact) mass is 109 g/mol. The smallest absolute Gasteiger partial charge is 0.0325 e. The summed E-state index contributed by atoms with van der Waals surface area (Å²) in [6.07, 6.45) is 4.54. The van der Waals surface area contributed by atoms with Crippen LogP contribution in [-0.4, -0.2) is 12.6 Å². The number of rotatable bonds is 1. The van der Waals surface area contributed by atoms with E-state index in [0.29, 0.717) is 6.04 Å². The van der Waals surface area contributed by atoms with Crippen LogP contribution in [-0.2, 0) is 0 Å². The van der Waals surface area contributed by atoms with Crippen LogP contribution in [0, 0.1) is 0 Å². The second-order valence-corrected chi connectivity index (χ2v) is 2.07. The fraction of sp³-hybridized carbons (Fsp3) is 0.571. The minimum absolute atomic E-state index is 0.562. The fourth-order valence-corrected chi connectivity index (χ4v) is 0.996. The molecule has 1 fully saturated rings. The molecule has 8 heavy (non-hydrogen) atoms. The van der Waals surface area contributed by atoms with Gasteiger partial charge >= 0.3 is 0 Å². The van der Waals surface area contributed by atoms with Crippen LogP contribution in [0.3, 0.4) is 0 Å². The molecule has 1 heterocycles. The largest absolute Gasteiger partial charge is 0.310 e. The first-order valence-corrected chi connectivity index (χ1v) is 3.03. The molecule has 0 aromatic rings. The maximum atomic E-state index is 3.50. The molecular formula is C7H11N. The summed E-state index contributed by atoms with van der Waals surface area (Å²) >= 11 is 0. The first kappa shape index (κ1) is 5.61. The van der Waals surface area contributed by atoms with Gasteiger partial charge in [-0.2, -0.15) is 0 Å². The molecule has 44 valence electrons. The van der Waals surface area contributed by atoms with Crippen molar-refractivity contribution in [2.45, 2.75) is 18.9 Å². The van der Waals surface area contributed by atoms with Gasteiger partial charge in [-0.1, -0.05) is 6.58 Å². The van der Waals surface area contributed by atoms with E-state index in [4.69, 9.17) is 0 Å². The molecule has 1 aliphatic rings. The Kier molecular flexibility index (Phi) is 1.90. The van der Waals surface area contributed by atoms with Gasteiger partial charge in [0.15, 0.2) is 0 Å². The van der Waals surface area contributed by atoms with Crippen molar-refractivity contribution in [2.75, 3.05) is 6.54 Å². The van der Waals surface area contributed by atoms with E-state index in [9.17, 15) is 0 Å². The Balaban J connectivity index is 2.35. The van der Waals surface area contributed by atoms with Gasteiger partial charge in [-0.3, -0.25) is 0 Å². The zero-order chi connectivity index (χ0) is 5.82. The summed E-state index contributed by atoms with van der Waals surface area (Å²) < 4.78 is 0. The lowest BCUT2D eigenvalue weighted by Crippen LogP contribution is -2.17. The molecular weight excluding hydrogens is 98.1 g/mol. The molecule has 0 aromatic carbocycles. The normalized spacial score (nSPS) is 27.2. The highest BCUT2D eigenvalue weighted by Gasteiger charge is 2.08. The van der Waals surface area contributed by atoms with Gasteiger partial charge in [0.2, 0.25) is 0 Å². The zero-order valence-electron chi connectivity index (χ0n) is 4.98. The van der Waals surface area contributed by atoms with Crippen LogP contribution in [0.5, 0.6) is 0 Å². The Morgan fingerprint density at radius 3 is 3.12 bits per heavy atom. The molecule has 1 aliphatic heterocycles. The van der Waals surface area contributed by atoms with Crippen LogP contribution < -0.4 is 5.32 Å². The first-order chi connectivity index (χ1) is 3.93. The van der Waals surface area contributed by atoms with Crippen LogP contribution in [0.4, 0.5) is 0 Å². The average molecular weight is 109 g/mol. The van der Waals surface area contributed by atoms with Gasteiger partial charge < -0.3 is 5.32 Å². The van der Waals surface area contributed by atoms with E-state index in [1.807, 2.05) is 6.08 Å². The molecule has 1 atom stereocenters. The Labute approximate surface area is 50.1 Å². The van der Waals surface area contributed by atoms with Crippen molar-refractivity contribution in [3.63, 3.8) is 0 Å². The maximum absolute atomic E-state index is 3.50. The minimum atomic E-state index is 0.562. The topological polar surface area (TPSA) is 12.0 Å². The van der Waals surface area contributed by atoms with E-state index >= 15 is 0 Å². The summed E-state index contributed by atoms with van der Waals surface area (Å²) in [6, 6.07) is 0.562. The molecule has 1 nitrogen and oxygen atoms in total. The first-order valence-electron chi connectivity index (χ1n) is 3.03. The molecule has 1 rings (SSSR count). The van der Waals surface area contributed by atoms with E-state index < -0.39 is 0 Å². The molecule has 0 spiro atoms. The Morgan fingerprint density at radius 1 is 1.75 bits per heavy atom. The summed E-state index contributed by atoms with van der Waals surface area (Å²) in [5, 5.41) is 3.30. The third-order valence-corrected chi connectivity index (χ3v) is 1.42. The summed E-state index contributed by atoms with van der Waals surface area (Å²) in [5.74, 6) is 0. The molecule has 1 unspecified atom stereocenters. The molecule has 1 heteroatoms. The summed E-state index contributed by atoms with van der Waals surface area (Å²) in [6.45, 7) is 4.66. The van der Waals surface area contributed by atoms with E-state index in [1.54, 1.807) is 0 Å². The number of hydrogen-bond acceptors (Lipinski definition) is 1. The number of nitrogens with one attached hydrogen (secondary N) is 1. The van der Waals surface area contributed by atoms with Crippen molar-refractivity contribution in [3.8, 4) is 0 Å². The zero-order valence-corrected chi connectivity index (χ0v) is 4.98. The van der Waals surface area contributed by atoms with Gasteiger partial charge in [-0.05, 0) is 25.5 Å². The van der Waals surface area contributed by atoms with Gasteiger partial charge in [0.25, 0.3) is 0 Å². The molecule has 0 amide bonds. The van der Waals surface area contributed by atoms with Crippen molar-refractivity contribution >= 4 is 0 Å². The summed E-state index contributed by atoms with van der Waals surface area (Å²) in [5.41, 5.74) is 2.77. The van der Waals surface area contributed by atoms with Gasteiger partial charge in [0, 0.05) is 6.04 Å². The molecule has 0 aromatic heterocycles. The predicted octanol–water partition coefficient (Wildman–Crippen LogP) is 1.08. The van der Waals surface area contributed by atoms with Gasteiger partial charge in [0.1, 0.15) is 0 Å². The quantitative estimate of drug-likeness (QED) is 0.497. The van der Waals surface area contributed by atoms with Crippen molar-refractivity contribution < 1.29 is 0 Å². The summed E-state index contributed by atoms with van der Waals surface area (Å²) in [7, 11) is 0. The molecule has 1 N–H and O–H groups in total. The van der Waals surface area contributed by atoms with Crippen molar-refractivity contribution in [2.24, 2.45) is 0 Å². The molecule has 0 saturated carbocycles. The number of hydrogen-bond donors (Lipinski definition) is 1. The van der Waals surface area contributed by atoms with Crippen LogP contribution in [0.2, 0.25) is 0 Å².